The number of ether oxygens (including phenoxy) is 1. The van der Waals surface area contributed by atoms with Gasteiger partial charge in [-0.15, -0.1) is 11.3 Å². The first-order valence-corrected chi connectivity index (χ1v) is 10.5. The Balaban J connectivity index is 1.63. The molecule has 1 aliphatic rings. The van der Waals surface area contributed by atoms with Gasteiger partial charge < -0.3 is 20.3 Å². The van der Waals surface area contributed by atoms with Crippen LogP contribution in [0.3, 0.4) is 0 Å². The molecule has 2 N–H and O–H groups in total. The third-order valence-electron chi connectivity index (χ3n) is 4.74. The van der Waals surface area contributed by atoms with Crippen molar-refractivity contribution in [3.8, 4) is 5.75 Å². The van der Waals surface area contributed by atoms with Crippen molar-refractivity contribution in [1.29, 1.82) is 0 Å². The second-order valence-corrected chi connectivity index (χ2v) is 8.15. The molecule has 1 atom stereocenters. The van der Waals surface area contributed by atoms with Crippen molar-refractivity contribution in [2.24, 2.45) is 4.99 Å². The highest BCUT2D eigenvalue weighted by Crippen LogP contribution is 2.31. The minimum absolute atomic E-state index is 0.159. The predicted octanol–water partition coefficient (Wildman–Crippen LogP) is 3.70. The third kappa shape index (κ3) is 5.79. The summed E-state index contributed by atoms with van der Waals surface area (Å²) >= 11 is 1.66. The van der Waals surface area contributed by atoms with Crippen molar-refractivity contribution in [3.63, 3.8) is 0 Å². The molecule has 1 aliphatic heterocycles. The van der Waals surface area contributed by atoms with Crippen LogP contribution in [0, 0.1) is 13.8 Å². The lowest BCUT2D eigenvalue weighted by Crippen LogP contribution is -2.44. The van der Waals surface area contributed by atoms with Crippen molar-refractivity contribution in [2.45, 2.75) is 46.4 Å². The molecule has 1 fully saturated rings. The van der Waals surface area contributed by atoms with Gasteiger partial charge in [-0.25, -0.2) is 9.98 Å². The number of hydrogen-bond acceptors (Lipinski definition) is 5. The highest BCUT2D eigenvalue weighted by Gasteiger charge is 2.26. The van der Waals surface area contributed by atoms with Gasteiger partial charge in [0.25, 0.3) is 0 Å². The van der Waals surface area contributed by atoms with Crippen molar-refractivity contribution in [3.05, 3.63) is 39.8 Å². The quantitative estimate of drug-likeness (QED) is 0.525. The summed E-state index contributed by atoms with van der Waals surface area (Å²) in [6.45, 7) is 5.97. The summed E-state index contributed by atoms with van der Waals surface area (Å²) in [5.41, 5.74) is 1.74. The first-order chi connectivity index (χ1) is 14.0. The van der Waals surface area contributed by atoms with Crippen LogP contribution in [0.15, 0.2) is 29.3 Å². The van der Waals surface area contributed by atoms with Crippen molar-refractivity contribution in [1.82, 2.24) is 15.6 Å². The molecule has 1 aromatic heterocycles. The molecule has 2 aromatic rings. The molecule has 0 amide bonds. The zero-order chi connectivity index (χ0) is 20.8. The van der Waals surface area contributed by atoms with E-state index in [1.165, 1.54) is 4.88 Å². The number of benzene rings is 1. The molecule has 2 heterocycles. The summed E-state index contributed by atoms with van der Waals surface area (Å²) in [7, 11) is 0. The number of aryl methyl sites for hydroxylation is 2. The van der Waals surface area contributed by atoms with Crippen LogP contribution in [-0.4, -0.2) is 43.2 Å². The number of aliphatic imine (C=N–C) groups is 1. The highest BCUT2D eigenvalue weighted by atomic mass is 32.1. The van der Waals surface area contributed by atoms with Gasteiger partial charge in [-0.3, -0.25) is 0 Å². The lowest BCUT2D eigenvalue weighted by atomic mass is 10.2. The SMILES string of the molecule is CCNC(=NCc1nc(C)c(C)s1)NC1CCN(c2ccccc2OC(F)F)C1. The van der Waals surface area contributed by atoms with E-state index in [4.69, 9.17) is 0 Å². The van der Waals surface area contributed by atoms with Crippen LogP contribution < -0.4 is 20.3 Å². The molecule has 6 nitrogen and oxygen atoms in total. The molecule has 0 saturated carbocycles. The van der Waals surface area contributed by atoms with Gasteiger partial charge in [-0.05, 0) is 39.3 Å². The first kappa shape index (κ1) is 21.3. The molecule has 0 radical (unpaired) electrons. The van der Waals surface area contributed by atoms with E-state index in [2.05, 4.69) is 37.2 Å². The van der Waals surface area contributed by atoms with Gasteiger partial charge in [-0.2, -0.15) is 8.78 Å². The van der Waals surface area contributed by atoms with Crippen LogP contribution in [0.5, 0.6) is 5.75 Å². The molecule has 1 aromatic carbocycles. The monoisotopic (exact) mass is 423 g/mol. The van der Waals surface area contributed by atoms with Crippen LogP contribution in [0.1, 0.15) is 28.9 Å². The molecule has 0 spiro atoms. The molecule has 1 saturated heterocycles. The van der Waals surface area contributed by atoms with Crippen LogP contribution in [0.2, 0.25) is 0 Å². The Kier molecular flexibility index (Phi) is 7.24. The fraction of sp³-hybridized carbons (Fsp3) is 0.500. The fourth-order valence-corrected chi connectivity index (χ4v) is 4.14. The largest absolute Gasteiger partial charge is 0.433 e. The zero-order valence-corrected chi connectivity index (χ0v) is 17.7. The number of rotatable bonds is 7. The van der Waals surface area contributed by atoms with E-state index in [0.29, 0.717) is 18.8 Å². The normalized spacial score (nSPS) is 17.1. The topological polar surface area (TPSA) is 61.8 Å². The standard InChI is InChI=1S/C20H27F2N5OS/c1-4-23-20(24-11-18-25-13(2)14(3)29-18)26-15-9-10-27(12-15)16-7-5-6-8-17(16)28-19(21)22/h5-8,15,19H,4,9-12H2,1-3H3,(H2,23,24,26). The summed E-state index contributed by atoms with van der Waals surface area (Å²) in [4.78, 5) is 12.5. The zero-order valence-electron chi connectivity index (χ0n) is 16.9. The van der Waals surface area contributed by atoms with Crippen LogP contribution in [-0.2, 0) is 6.54 Å². The maximum Gasteiger partial charge on any atom is 0.387 e. The smallest absolute Gasteiger partial charge is 0.387 e. The highest BCUT2D eigenvalue weighted by molar-refractivity contribution is 7.11. The van der Waals surface area contributed by atoms with Gasteiger partial charge in [-0.1, -0.05) is 12.1 Å². The lowest BCUT2D eigenvalue weighted by molar-refractivity contribution is -0.0495. The molecule has 9 heteroatoms. The summed E-state index contributed by atoms with van der Waals surface area (Å²) < 4.78 is 30.1. The van der Waals surface area contributed by atoms with Gasteiger partial charge in [0.15, 0.2) is 5.96 Å². The number of nitrogens with one attached hydrogen (secondary N) is 2. The second kappa shape index (κ2) is 9.87. The van der Waals surface area contributed by atoms with Crippen molar-refractivity contribution in [2.75, 3.05) is 24.5 Å². The summed E-state index contributed by atoms with van der Waals surface area (Å²) in [6.07, 6.45) is 0.878. The Morgan fingerprint density at radius 3 is 2.86 bits per heavy atom. The third-order valence-corrected chi connectivity index (χ3v) is 5.80. The van der Waals surface area contributed by atoms with E-state index < -0.39 is 6.61 Å². The van der Waals surface area contributed by atoms with Gasteiger partial charge in [0.05, 0.1) is 17.9 Å². The molecular formula is C20H27F2N5OS. The number of nitrogens with zero attached hydrogens (tertiary/aromatic N) is 3. The van der Waals surface area contributed by atoms with E-state index >= 15 is 0 Å². The Labute approximate surface area is 174 Å². The Bertz CT molecular complexity index is 823. The molecular weight excluding hydrogens is 396 g/mol. The second-order valence-electron chi connectivity index (χ2n) is 6.87. The molecule has 0 bridgehead atoms. The molecule has 3 rings (SSSR count). The number of para-hydroxylation sites is 2. The molecule has 158 valence electrons. The molecule has 29 heavy (non-hydrogen) atoms. The van der Waals surface area contributed by atoms with Gasteiger partial charge in [0, 0.05) is 30.6 Å². The summed E-state index contributed by atoms with van der Waals surface area (Å²) in [5.74, 6) is 0.945. The van der Waals surface area contributed by atoms with E-state index in [-0.39, 0.29) is 11.8 Å². The Morgan fingerprint density at radius 1 is 1.38 bits per heavy atom. The molecule has 0 aliphatic carbocycles. The van der Waals surface area contributed by atoms with Gasteiger partial charge >= 0.3 is 6.61 Å². The fourth-order valence-electron chi connectivity index (χ4n) is 3.28. The average molecular weight is 424 g/mol. The number of anilines is 1. The lowest BCUT2D eigenvalue weighted by Gasteiger charge is -2.22. The Morgan fingerprint density at radius 2 is 2.17 bits per heavy atom. The van der Waals surface area contributed by atoms with Crippen LogP contribution >= 0.6 is 11.3 Å². The summed E-state index contributed by atoms with van der Waals surface area (Å²) in [6, 6.07) is 7.08. The maximum absolute atomic E-state index is 12.7. The Hall–Kier alpha value is -2.42. The van der Waals surface area contributed by atoms with Crippen molar-refractivity contribution < 1.29 is 13.5 Å². The van der Waals surface area contributed by atoms with Gasteiger partial charge in [0.1, 0.15) is 10.8 Å². The first-order valence-electron chi connectivity index (χ1n) is 9.72. The van der Waals surface area contributed by atoms with E-state index in [0.717, 1.165) is 36.2 Å². The predicted molar refractivity (Wildman–Crippen MR) is 113 cm³/mol. The van der Waals surface area contributed by atoms with Gasteiger partial charge in [0.2, 0.25) is 0 Å². The van der Waals surface area contributed by atoms with Crippen LogP contribution in [0.4, 0.5) is 14.5 Å². The number of thiazole rings is 1. The summed E-state index contributed by atoms with van der Waals surface area (Å²) in [5, 5.41) is 7.71. The van der Waals surface area contributed by atoms with Crippen LogP contribution in [0.25, 0.3) is 0 Å². The minimum Gasteiger partial charge on any atom is -0.433 e. The number of hydrogen-bond donors (Lipinski definition) is 2. The number of halogens is 2. The van der Waals surface area contributed by atoms with E-state index in [9.17, 15) is 8.78 Å². The minimum atomic E-state index is -2.83. The van der Waals surface area contributed by atoms with Crippen molar-refractivity contribution >= 4 is 23.0 Å². The number of alkyl halides is 2. The number of aromatic nitrogens is 1. The van der Waals surface area contributed by atoms with E-state index in [1.807, 2.05) is 26.0 Å². The molecule has 1 unspecified atom stereocenters. The maximum atomic E-state index is 12.7. The number of guanidine groups is 1. The average Bonchev–Trinajstić information content (AvgIpc) is 3.26. The van der Waals surface area contributed by atoms with E-state index in [1.54, 1.807) is 23.5 Å².